The Morgan fingerprint density at radius 2 is 1.55 bits per heavy atom. The van der Waals surface area contributed by atoms with Gasteiger partial charge in [0.25, 0.3) is 0 Å². The summed E-state index contributed by atoms with van der Waals surface area (Å²) >= 11 is 0. The molecular weight excluding hydrogens is 415 g/mol. The molecule has 1 aliphatic rings. The smallest absolute Gasteiger partial charge is 0.126 e. The number of hydrogen-bond donors (Lipinski definition) is 2. The first-order valence-electron chi connectivity index (χ1n) is 12.7. The van der Waals surface area contributed by atoms with Crippen LogP contribution in [0.25, 0.3) is 0 Å². The van der Waals surface area contributed by atoms with Crippen molar-refractivity contribution < 1.29 is 19.3 Å². The first-order chi connectivity index (χ1) is 15.9. The topological polar surface area (TPSA) is 49.7 Å². The van der Waals surface area contributed by atoms with Gasteiger partial charge in [-0.05, 0) is 48.1 Å². The number of benzene rings is 2. The first-order valence-corrected chi connectivity index (χ1v) is 12.7. The maximum atomic E-state index is 12.4. The molecule has 0 bridgehead atoms. The lowest BCUT2D eigenvalue weighted by Gasteiger charge is -2.43. The molecule has 0 aliphatic carbocycles. The second kappa shape index (κ2) is 12.3. The van der Waals surface area contributed by atoms with Crippen LogP contribution in [0, 0.1) is 5.92 Å². The van der Waals surface area contributed by atoms with Gasteiger partial charge >= 0.3 is 0 Å². The molecular formula is C29H41FO3. The van der Waals surface area contributed by atoms with Crippen molar-refractivity contribution in [3.05, 3.63) is 53.6 Å². The first kappa shape index (κ1) is 25.4. The minimum Gasteiger partial charge on any atom is -0.508 e. The molecule has 0 aromatic heterocycles. The van der Waals surface area contributed by atoms with E-state index in [1.54, 1.807) is 24.3 Å². The molecule has 1 aliphatic heterocycles. The number of ether oxygens (including phenoxy) is 1. The van der Waals surface area contributed by atoms with Gasteiger partial charge in [0.1, 0.15) is 17.2 Å². The van der Waals surface area contributed by atoms with E-state index in [-0.39, 0.29) is 23.6 Å². The average molecular weight is 457 g/mol. The number of fused-ring (bicyclic) bond motifs is 1. The molecule has 0 radical (unpaired) electrons. The maximum absolute atomic E-state index is 12.4. The van der Waals surface area contributed by atoms with Crippen LogP contribution in [-0.2, 0) is 5.41 Å². The summed E-state index contributed by atoms with van der Waals surface area (Å²) < 4.78 is 18.5. The van der Waals surface area contributed by atoms with Crippen molar-refractivity contribution in [1.29, 1.82) is 0 Å². The van der Waals surface area contributed by atoms with E-state index in [2.05, 4.69) is 13.8 Å². The third-order valence-electron chi connectivity index (χ3n) is 7.49. The summed E-state index contributed by atoms with van der Waals surface area (Å²) in [6, 6.07) is 13.0. The van der Waals surface area contributed by atoms with Crippen molar-refractivity contribution in [3.63, 3.8) is 0 Å². The molecule has 0 saturated carbocycles. The van der Waals surface area contributed by atoms with Crippen molar-refractivity contribution >= 4 is 0 Å². The minimum atomic E-state index is -0.189. The summed E-state index contributed by atoms with van der Waals surface area (Å²) in [5, 5.41) is 19.7. The van der Waals surface area contributed by atoms with Crippen molar-refractivity contribution in [3.8, 4) is 17.2 Å². The molecule has 4 heteroatoms. The van der Waals surface area contributed by atoms with Gasteiger partial charge in [-0.15, -0.1) is 0 Å². The van der Waals surface area contributed by atoms with Gasteiger partial charge < -0.3 is 14.9 Å². The van der Waals surface area contributed by atoms with Gasteiger partial charge in [-0.3, -0.25) is 4.39 Å². The zero-order chi connectivity index (χ0) is 23.7. The fraction of sp³-hybridized carbons (Fsp3) is 0.586. The van der Waals surface area contributed by atoms with E-state index >= 15 is 0 Å². The molecule has 3 atom stereocenters. The van der Waals surface area contributed by atoms with E-state index in [0.717, 1.165) is 30.6 Å². The van der Waals surface area contributed by atoms with Crippen LogP contribution in [-0.4, -0.2) is 23.5 Å². The summed E-state index contributed by atoms with van der Waals surface area (Å²) in [4.78, 5) is 0. The molecule has 1 heterocycles. The highest BCUT2D eigenvalue weighted by atomic mass is 19.1. The lowest BCUT2D eigenvalue weighted by Crippen LogP contribution is -2.40. The van der Waals surface area contributed by atoms with E-state index < -0.39 is 0 Å². The predicted octanol–water partition coefficient (Wildman–Crippen LogP) is 8.04. The zero-order valence-electron chi connectivity index (χ0n) is 20.4. The molecule has 0 saturated heterocycles. The van der Waals surface area contributed by atoms with E-state index in [4.69, 9.17) is 4.74 Å². The van der Waals surface area contributed by atoms with Crippen LogP contribution >= 0.6 is 0 Å². The van der Waals surface area contributed by atoms with E-state index in [1.165, 1.54) is 44.1 Å². The average Bonchev–Trinajstić information content (AvgIpc) is 2.80. The quantitative estimate of drug-likeness (QED) is 0.300. The van der Waals surface area contributed by atoms with Crippen LogP contribution in [0.15, 0.2) is 42.5 Å². The normalized spacial score (nSPS) is 20.8. The molecule has 0 fully saturated rings. The Labute approximate surface area is 199 Å². The lowest BCUT2D eigenvalue weighted by atomic mass is 9.66. The number of halogens is 1. The van der Waals surface area contributed by atoms with Crippen LogP contribution in [0.2, 0.25) is 0 Å². The monoisotopic (exact) mass is 456 g/mol. The second-order valence-corrected chi connectivity index (χ2v) is 10.2. The summed E-state index contributed by atoms with van der Waals surface area (Å²) in [7, 11) is 0. The summed E-state index contributed by atoms with van der Waals surface area (Å²) in [6.07, 6.45) is 11.6. The number of rotatable bonds is 13. The number of aromatic hydroxyl groups is 2. The third-order valence-corrected chi connectivity index (χ3v) is 7.49. The second-order valence-electron chi connectivity index (χ2n) is 10.2. The lowest BCUT2D eigenvalue weighted by molar-refractivity contribution is 0.162. The van der Waals surface area contributed by atoms with Crippen molar-refractivity contribution in [2.24, 2.45) is 5.92 Å². The van der Waals surface area contributed by atoms with Crippen LogP contribution in [0.3, 0.4) is 0 Å². The van der Waals surface area contributed by atoms with Gasteiger partial charge in [-0.2, -0.15) is 0 Å². The number of alkyl halides is 1. The van der Waals surface area contributed by atoms with E-state index in [0.29, 0.717) is 24.9 Å². The molecule has 3 rings (SSSR count). The Kier molecular flexibility index (Phi) is 9.46. The van der Waals surface area contributed by atoms with Gasteiger partial charge in [-0.25, -0.2) is 0 Å². The highest BCUT2D eigenvalue weighted by Crippen LogP contribution is 2.49. The Hall–Kier alpha value is -2.23. The van der Waals surface area contributed by atoms with Crippen molar-refractivity contribution in [2.45, 2.75) is 89.4 Å². The largest absolute Gasteiger partial charge is 0.508 e. The van der Waals surface area contributed by atoms with Gasteiger partial charge in [0, 0.05) is 17.4 Å². The highest BCUT2D eigenvalue weighted by molar-refractivity contribution is 5.48. The molecule has 2 aromatic rings. The predicted molar refractivity (Wildman–Crippen MR) is 133 cm³/mol. The fourth-order valence-corrected chi connectivity index (χ4v) is 5.26. The molecule has 2 aromatic carbocycles. The maximum Gasteiger partial charge on any atom is 0.126 e. The molecule has 3 nitrogen and oxygen atoms in total. The molecule has 33 heavy (non-hydrogen) atoms. The standard InChI is InChI=1S/C29H41FO3/c1-22(18-19-30)10-8-6-4-3-5-7-9-11-27-26-17-16-25(32)20-28(26)33-21-29(27,2)23-12-14-24(31)15-13-23/h12-17,20,22,27,31-32H,3-11,18-19,21H2,1-2H3/t22?,27?,29-/m1/s1. The Bertz CT molecular complexity index is 850. The molecule has 2 N–H and O–H groups in total. The molecule has 0 spiro atoms. The number of phenols is 2. The van der Waals surface area contributed by atoms with E-state index in [1.807, 2.05) is 18.2 Å². The molecule has 182 valence electrons. The SMILES string of the molecule is CC(CCF)CCCCCCCCCC1c2ccc(O)cc2OC[C@]1(C)c1ccc(O)cc1. The molecule has 0 amide bonds. The van der Waals surface area contributed by atoms with Crippen LogP contribution < -0.4 is 4.74 Å². The van der Waals surface area contributed by atoms with Gasteiger partial charge in [0.05, 0.1) is 13.3 Å². The highest BCUT2D eigenvalue weighted by Gasteiger charge is 2.42. The van der Waals surface area contributed by atoms with Crippen LogP contribution in [0.5, 0.6) is 17.2 Å². The Morgan fingerprint density at radius 1 is 0.909 bits per heavy atom. The minimum absolute atomic E-state index is 0.187. The molecule has 2 unspecified atom stereocenters. The fourth-order valence-electron chi connectivity index (χ4n) is 5.26. The zero-order valence-corrected chi connectivity index (χ0v) is 20.4. The van der Waals surface area contributed by atoms with E-state index in [9.17, 15) is 14.6 Å². The third kappa shape index (κ3) is 6.88. The number of hydrogen-bond acceptors (Lipinski definition) is 3. The van der Waals surface area contributed by atoms with Crippen molar-refractivity contribution in [1.82, 2.24) is 0 Å². The van der Waals surface area contributed by atoms with Crippen LogP contribution in [0.1, 0.15) is 95.1 Å². The summed E-state index contributed by atoms with van der Waals surface area (Å²) in [5.41, 5.74) is 2.15. The Morgan fingerprint density at radius 3 is 2.24 bits per heavy atom. The summed E-state index contributed by atoms with van der Waals surface area (Å²) in [5.74, 6) is 2.11. The van der Waals surface area contributed by atoms with Gasteiger partial charge in [-0.1, -0.05) is 83.4 Å². The van der Waals surface area contributed by atoms with Gasteiger partial charge in [0.2, 0.25) is 0 Å². The summed E-state index contributed by atoms with van der Waals surface area (Å²) in [6.45, 7) is 4.77. The van der Waals surface area contributed by atoms with Crippen molar-refractivity contribution in [2.75, 3.05) is 13.3 Å². The van der Waals surface area contributed by atoms with Crippen LogP contribution in [0.4, 0.5) is 4.39 Å². The number of phenolic OH excluding ortho intramolecular Hbond substituents is 2. The Balaban J connectivity index is 1.53. The van der Waals surface area contributed by atoms with Gasteiger partial charge in [0.15, 0.2) is 0 Å². The number of unbranched alkanes of at least 4 members (excludes halogenated alkanes) is 6.